The van der Waals surface area contributed by atoms with Crippen molar-refractivity contribution in [1.82, 2.24) is 10.6 Å². The summed E-state index contributed by atoms with van der Waals surface area (Å²) in [6.45, 7) is 4.49. The monoisotopic (exact) mass is 351 g/mol. The molecule has 7 heteroatoms. The van der Waals surface area contributed by atoms with Gasteiger partial charge >= 0.3 is 0 Å². The first kappa shape index (κ1) is 18.9. The maximum atomic E-state index is 13.6. The van der Waals surface area contributed by atoms with E-state index >= 15 is 0 Å². The number of hydrogen-bond donors (Lipinski definition) is 3. The predicted octanol–water partition coefficient (Wildman–Crippen LogP) is 2.56. The molecule has 0 spiro atoms. The highest BCUT2D eigenvalue weighted by molar-refractivity contribution is 5.79. The number of aliphatic hydroxyl groups is 1. The molecule has 1 heterocycles. The lowest BCUT2D eigenvalue weighted by molar-refractivity contribution is 0.0437. The SMILES string of the molecule is CCNC(=NCC(C)(O)c1ccco1)NCCc1c(F)cccc1F. The third-order valence-corrected chi connectivity index (χ3v) is 3.67. The van der Waals surface area contributed by atoms with Crippen LogP contribution in [0.5, 0.6) is 0 Å². The van der Waals surface area contributed by atoms with Crippen LogP contribution in [-0.4, -0.2) is 30.7 Å². The topological polar surface area (TPSA) is 69.8 Å². The molecular formula is C18H23F2N3O2. The molecule has 0 bridgehead atoms. The zero-order valence-electron chi connectivity index (χ0n) is 14.4. The summed E-state index contributed by atoms with van der Waals surface area (Å²) >= 11 is 0. The van der Waals surface area contributed by atoms with Crippen LogP contribution < -0.4 is 10.6 Å². The van der Waals surface area contributed by atoms with Crippen LogP contribution >= 0.6 is 0 Å². The molecule has 0 saturated carbocycles. The summed E-state index contributed by atoms with van der Waals surface area (Å²) < 4.78 is 32.5. The van der Waals surface area contributed by atoms with E-state index in [1.54, 1.807) is 19.1 Å². The Hall–Kier alpha value is -2.41. The highest BCUT2D eigenvalue weighted by atomic mass is 19.1. The van der Waals surface area contributed by atoms with Gasteiger partial charge in [0.05, 0.1) is 12.8 Å². The molecular weight excluding hydrogens is 328 g/mol. The van der Waals surface area contributed by atoms with Crippen molar-refractivity contribution in [2.75, 3.05) is 19.6 Å². The minimum Gasteiger partial charge on any atom is -0.466 e. The number of halogens is 2. The number of hydrogen-bond acceptors (Lipinski definition) is 3. The molecule has 1 aromatic heterocycles. The van der Waals surface area contributed by atoms with E-state index in [0.717, 1.165) is 0 Å². The third kappa shape index (κ3) is 5.29. The number of nitrogens with one attached hydrogen (secondary N) is 2. The van der Waals surface area contributed by atoms with Crippen LogP contribution in [0.15, 0.2) is 46.0 Å². The van der Waals surface area contributed by atoms with Crippen molar-refractivity contribution in [3.8, 4) is 0 Å². The Morgan fingerprint density at radius 2 is 1.92 bits per heavy atom. The molecule has 0 amide bonds. The minimum atomic E-state index is -1.25. The van der Waals surface area contributed by atoms with Gasteiger partial charge in [0.2, 0.25) is 0 Å². The third-order valence-electron chi connectivity index (χ3n) is 3.67. The lowest BCUT2D eigenvalue weighted by atomic mass is 10.0. The summed E-state index contributed by atoms with van der Waals surface area (Å²) in [5, 5.41) is 16.4. The van der Waals surface area contributed by atoms with Gasteiger partial charge in [-0.15, -0.1) is 0 Å². The predicted molar refractivity (Wildman–Crippen MR) is 92.3 cm³/mol. The molecule has 0 radical (unpaired) electrons. The van der Waals surface area contributed by atoms with Crippen molar-refractivity contribution in [2.24, 2.45) is 4.99 Å². The Labute approximate surface area is 145 Å². The maximum Gasteiger partial charge on any atom is 0.191 e. The maximum absolute atomic E-state index is 13.6. The van der Waals surface area contributed by atoms with E-state index in [2.05, 4.69) is 15.6 Å². The van der Waals surface area contributed by atoms with Crippen LogP contribution in [0, 0.1) is 11.6 Å². The van der Waals surface area contributed by atoms with Crippen molar-refractivity contribution in [2.45, 2.75) is 25.9 Å². The Morgan fingerprint density at radius 3 is 2.52 bits per heavy atom. The lowest BCUT2D eigenvalue weighted by Crippen LogP contribution is -2.39. The van der Waals surface area contributed by atoms with Crippen LogP contribution in [0.4, 0.5) is 8.78 Å². The van der Waals surface area contributed by atoms with E-state index in [-0.39, 0.29) is 18.5 Å². The van der Waals surface area contributed by atoms with Gasteiger partial charge in [-0.3, -0.25) is 0 Å². The zero-order chi connectivity index (χ0) is 18.3. The summed E-state index contributed by atoms with van der Waals surface area (Å²) in [7, 11) is 0. The highest BCUT2D eigenvalue weighted by Crippen LogP contribution is 2.21. The van der Waals surface area contributed by atoms with E-state index in [1.807, 2.05) is 6.92 Å². The molecule has 0 aliphatic heterocycles. The van der Waals surface area contributed by atoms with Gasteiger partial charge in [0, 0.05) is 18.7 Å². The van der Waals surface area contributed by atoms with Gasteiger partial charge in [0.25, 0.3) is 0 Å². The number of benzene rings is 1. The van der Waals surface area contributed by atoms with Crippen molar-refractivity contribution in [3.63, 3.8) is 0 Å². The Bertz CT molecular complexity index is 680. The molecule has 25 heavy (non-hydrogen) atoms. The second kappa shape index (κ2) is 8.62. The summed E-state index contributed by atoms with van der Waals surface area (Å²) in [6, 6.07) is 7.18. The van der Waals surface area contributed by atoms with Crippen molar-refractivity contribution < 1.29 is 18.3 Å². The summed E-state index contributed by atoms with van der Waals surface area (Å²) in [5.74, 6) is -0.263. The summed E-state index contributed by atoms with van der Waals surface area (Å²) in [6.07, 6.45) is 1.66. The fourth-order valence-corrected chi connectivity index (χ4v) is 2.31. The van der Waals surface area contributed by atoms with Gasteiger partial charge < -0.3 is 20.2 Å². The second-order valence-electron chi connectivity index (χ2n) is 5.82. The molecule has 0 aliphatic carbocycles. The van der Waals surface area contributed by atoms with Crippen molar-refractivity contribution in [3.05, 3.63) is 59.6 Å². The quantitative estimate of drug-likeness (QED) is 0.530. The molecule has 1 aromatic carbocycles. The number of furan rings is 1. The molecule has 2 aromatic rings. The van der Waals surface area contributed by atoms with Crippen LogP contribution in [0.1, 0.15) is 25.2 Å². The fraction of sp³-hybridized carbons (Fsp3) is 0.389. The van der Waals surface area contributed by atoms with E-state index in [1.165, 1.54) is 24.5 Å². The van der Waals surface area contributed by atoms with E-state index in [0.29, 0.717) is 24.8 Å². The van der Waals surface area contributed by atoms with Crippen LogP contribution in [0.2, 0.25) is 0 Å². The number of guanidine groups is 1. The van der Waals surface area contributed by atoms with Crippen molar-refractivity contribution in [1.29, 1.82) is 0 Å². The molecule has 136 valence electrons. The van der Waals surface area contributed by atoms with Gasteiger partial charge in [-0.05, 0) is 44.5 Å². The lowest BCUT2D eigenvalue weighted by Gasteiger charge is -2.19. The van der Waals surface area contributed by atoms with Gasteiger partial charge in [-0.2, -0.15) is 0 Å². The average Bonchev–Trinajstić information content (AvgIpc) is 3.11. The van der Waals surface area contributed by atoms with Gasteiger partial charge in [-0.25, -0.2) is 13.8 Å². The molecule has 1 unspecified atom stereocenters. The van der Waals surface area contributed by atoms with Gasteiger partial charge in [0.15, 0.2) is 5.96 Å². The molecule has 2 rings (SSSR count). The largest absolute Gasteiger partial charge is 0.466 e. The van der Waals surface area contributed by atoms with E-state index in [9.17, 15) is 13.9 Å². The van der Waals surface area contributed by atoms with Crippen LogP contribution in [0.3, 0.4) is 0 Å². The molecule has 0 fully saturated rings. The van der Waals surface area contributed by atoms with Gasteiger partial charge in [-0.1, -0.05) is 6.07 Å². The van der Waals surface area contributed by atoms with Crippen molar-refractivity contribution >= 4 is 5.96 Å². The van der Waals surface area contributed by atoms with Crippen LogP contribution in [0.25, 0.3) is 0 Å². The molecule has 0 saturated heterocycles. The first-order chi connectivity index (χ1) is 11.9. The Balaban J connectivity index is 1.96. The number of aliphatic imine (C=N–C) groups is 1. The Kier molecular flexibility index (Phi) is 6.52. The average molecular weight is 351 g/mol. The smallest absolute Gasteiger partial charge is 0.191 e. The first-order valence-electron chi connectivity index (χ1n) is 8.15. The molecule has 0 aliphatic rings. The fourth-order valence-electron chi connectivity index (χ4n) is 2.31. The molecule has 3 N–H and O–H groups in total. The standard InChI is InChI=1S/C18H23F2N3O2/c1-3-21-17(23-12-18(2,24)16-8-5-11-25-16)22-10-9-13-14(19)6-4-7-15(13)20/h4-8,11,24H,3,9-10,12H2,1-2H3,(H2,21,22,23). The highest BCUT2D eigenvalue weighted by Gasteiger charge is 2.26. The Morgan fingerprint density at radius 1 is 1.20 bits per heavy atom. The summed E-state index contributed by atoms with van der Waals surface area (Å²) in [4.78, 5) is 4.31. The summed E-state index contributed by atoms with van der Waals surface area (Å²) in [5.41, 5.74) is -1.21. The molecule has 5 nitrogen and oxygen atoms in total. The van der Waals surface area contributed by atoms with E-state index in [4.69, 9.17) is 4.42 Å². The second-order valence-corrected chi connectivity index (χ2v) is 5.82. The molecule has 1 atom stereocenters. The van der Waals surface area contributed by atoms with Crippen LogP contribution in [-0.2, 0) is 12.0 Å². The first-order valence-corrected chi connectivity index (χ1v) is 8.15. The normalized spacial score (nSPS) is 14.2. The van der Waals surface area contributed by atoms with Gasteiger partial charge in [0.1, 0.15) is 23.0 Å². The zero-order valence-corrected chi connectivity index (χ0v) is 14.4. The number of nitrogens with zero attached hydrogens (tertiary/aromatic N) is 1. The van der Waals surface area contributed by atoms with E-state index < -0.39 is 17.2 Å². The number of rotatable bonds is 7. The minimum absolute atomic E-state index is 0.0356.